The van der Waals surface area contributed by atoms with E-state index in [4.69, 9.17) is 16.3 Å². The fraction of sp³-hybridized carbons (Fsp3) is 0.111. The monoisotopic (exact) mass is 432 g/mol. The molecule has 10 heteroatoms. The molecule has 7 nitrogen and oxygen atoms in total. The summed E-state index contributed by atoms with van der Waals surface area (Å²) >= 11 is 7.31. The third kappa shape index (κ3) is 3.49. The summed E-state index contributed by atoms with van der Waals surface area (Å²) in [4.78, 5) is 5.90. The van der Waals surface area contributed by atoms with Crippen molar-refractivity contribution in [1.82, 2.24) is 4.98 Å². The highest BCUT2D eigenvalue weighted by atomic mass is 35.5. The first-order chi connectivity index (χ1) is 13.5. The molecule has 0 spiro atoms. The lowest BCUT2D eigenvalue weighted by molar-refractivity contribution is 0.313. The largest absolute Gasteiger partial charge is 0.489 e. The number of nitrogens with one attached hydrogen (secondary N) is 1. The van der Waals surface area contributed by atoms with Gasteiger partial charge < -0.3 is 9.64 Å². The third-order valence-electron chi connectivity index (χ3n) is 4.13. The molecule has 2 aromatic carbocycles. The summed E-state index contributed by atoms with van der Waals surface area (Å²) in [6.07, 6.45) is 1.52. The number of benzene rings is 2. The van der Waals surface area contributed by atoms with Crippen LogP contribution in [0.2, 0.25) is 5.02 Å². The smallest absolute Gasteiger partial charge is 0.263 e. The number of aromatic nitrogens is 1. The molecule has 28 heavy (non-hydrogen) atoms. The van der Waals surface area contributed by atoms with Gasteiger partial charge in [-0.25, -0.2) is 13.4 Å². The van der Waals surface area contributed by atoms with Crippen LogP contribution < -0.4 is 14.4 Å². The lowest BCUT2D eigenvalue weighted by atomic mass is 10.1. The molecule has 0 bridgehead atoms. The van der Waals surface area contributed by atoms with E-state index in [0.717, 1.165) is 0 Å². The Kier molecular flexibility index (Phi) is 4.85. The minimum atomic E-state index is -3.79. The number of anilines is 3. The molecule has 2 heterocycles. The van der Waals surface area contributed by atoms with Crippen LogP contribution in [0.25, 0.3) is 0 Å². The molecule has 0 atom stereocenters. The number of sulfonamides is 1. The van der Waals surface area contributed by atoms with Crippen molar-refractivity contribution in [2.24, 2.45) is 0 Å². The van der Waals surface area contributed by atoms with E-state index >= 15 is 0 Å². The molecule has 4 rings (SSSR count). The van der Waals surface area contributed by atoms with Crippen molar-refractivity contribution in [2.45, 2.75) is 4.90 Å². The Labute approximate surface area is 170 Å². The molecule has 3 aromatic rings. The van der Waals surface area contributed by atoms with Gasteiger partial charge in [0.25, 0.3) is 10.0 Å². The van der Waals surface area contributed by atoms with Gasteiger partial charge in [-0.1, -0.05) is 11.6 Å². The van der Waals surface area contributed by atoms with Crippen molar-refractivity contribution >= 4 is 49.5 Å². The maximum Gasteiger partial charge on any atom is 0.263 e. The number of hydrogen-bond acceptors (Lipinski definition) is 7. The molecule has 0 aliphatic carbocycles. The average molecular weight is 433 g/mol. The molecule has 1 aromatic heterocycles. The normalized spacial score (nSPS) is 13.4. The molecule has 0 fully saturated rings. The zero-order chi connectivity index (χ0) is 19.7. The first kappa shape index (κ1) is 18.6. The van der Waals surface area contributed by atoms with Crippen LogP contribution in [-0.4, -0.2) is 26.6 Å². The Hall–Kier alpha value is -2.80. The maximum absolute atomic E-state index is 12.6. The highest BCUT2D eigenvalue weighted by Gasteiger charge is 2.25. The second kappa shape index (κ2) is 7.31. The molecule has 0 amide bonds. The second-order valence-corrected chi connectivity index (χ2v) is 8.86. The van der Waals surface area contributed by atoms with Crippen molar-refractivity contribution in [1.29, 1.82) is 5.26 Å². The van der Waals surface area contributed by atoms with Crippen LogP contribution in [0.4, 0.5) is 16.5 Å². The van der Waals surface area contributed by atoms with Gasteiger partial charge >= 0.3 is 0 Å². The quantitative estimate of drug-likeness (QED) is 0.669. The van der Waals surface area contributed by atoms with Crippen molar-refractivity contribution in [2.75, 3.05) is 22.8 Å². The topological polar surface area (TPSA) is 95.3 Å². The predicted octanol–water partition coefficient (Wildman–Crippen LogP) is 4.00. The van der Waals surface area contributed by atoms with E-state index in [0.29, 0.717) is 40.9 Å². The molecule has 142 valence electrons. The van der Waals surface area contributed by atoms with E-state index in [9.17, 15) is 13.7 Å². The van der Waals surface area contributed by atoms with Gasteiger partial charge in [0.15, 0.2) is 5.13 Å². The maximum atomic E-state index is 12.6. The van der Waals surface area contributed by atoms with Crippen molar-refractivity contribution in [3.05, 3.63) is 58.6 Å². The first-order valence-electron chi connectivity index (χ1n) is 8.14. The van der Waals surface area contributed by atoms with Gasteiger partial charge in [0.2, 0.25) is 0 Å². The molecule has 0 saturated carbocycles. The van der Waals surface area contributed by atoms with Gasteiger partial charge in [-0.15, -0.1) is 11.3 Å². The minimum absolute atomic E-state index is 0.0647. The van der Waals surface area contributed by atoms with E-state index in [2.05, 4.69) is 15.8 Å². The van der Waals surface area contributed by atoms with E-state index in [1.165, 1.54) is 29.7 Å². The number of thiazole rings is 1. The number of ether oxygens (including phenoxy) is 1. The number of rotatable bonds is 4. The number of fused-ring (bicyclic) bond motifs is 1. The Morgan fingerprint density at radius 3 is 2.86 bits per heavy atom. The summed E-state index contributed by atoms with van der Waals surface area (Å²) in [5, 5.41) is 11.9. The summed E-state index contributed by atoms with van der Waals surface area (Å²) in [6.45, 7) is 0.847. The van der Waals surface area contributed by atoms with Gasteiger partial charge in [-0.05, 0) is 30.3 Å². The van der Waals surface area contributed by atoms with E-state index in [-0.39, 0.29) is 10.0 Å². The summed E-state index contributed by atoms with van der Waals surface area (Å²) in [5.74, 6) is 0.414. The van der Waals surface area contributed by atoms with E-state index in [1.807, 2.05) is 4.90 Å². The molecule has 0 radical (unpaired) electrons. The highest BCUT2D eigenvalue weighted by molar-refractivity contribution is 7.93. The number of nitrogens with zero attached hydrogens (tertiary/aromatic N) is 3. The number of nitriles is 1. The van der Waals surface area contributed by atoms with Crippen LogP contribution in [0.15, 0.2) is 52.9 Å². The Balaban J connectivity index is 1.73. The second-order valence-electron chi connectivity index (χ2n) is 5.85. The summed E-state index contributed by atoms with van der Waals surface area (Å²) in [7, 11) is -3.79. The zero-order valence-electron chi connectivity index (χ0n) is 14.3. The molecule has 0 unspecified atom stereocenters. The van der Waals surface area contributed by atoms with Crippen LogP contribution in [0.3, 0.4) is 0 Å². The van der Waals surface area contributed by atoms with Crippen LogP contribution in [-0.2, 0) is 10.0 Å². The highest BCUT2D eigenvalue weighted by Crippen LogP contribution is 2.40. The molecule has 1 aliphatic rings. The molecule has 1 N–H and O–H groups in total. The standard InChI is InChI=1S/C18H13ClN4O3S2/c19-13-2-1-12(11-20)16(9-13)23-6-7-26-17-10-14(3-4-15(17)23)28(24,25)22-18-21-5-8-27-18/h1-5,8-10H,6-7H2,(H,21,22). The van der Waals surface area contributed by atoms with Gasteiger partial charge in [0, 0.05) is 22.7 Å². The lowest BCUT2D eigenvalue weighted by Gasteiger charge is -2.32. The van der Waals surface area contributed by atoms with Crippen LogP contribution >= 0.6 is 22.9 Å². The van der Waals surface area contributed by atoms with Gasteiger partial charge in [0.1, 0.15) is 18.4 Å². The fourth-order valence-electron chi connectivity index (χ4n) is 2.89. The Morgan fingerprint density at radius 2 is 2.11 bits per heavy atom. The van der Waals surface area contributed by atoms with Crippen molar-refractivity contribution in [3.8, 4) is 11.8 Å². The molecular formula is C18H13ClN4O3S2. The third-order valence-corrected chi connectivity index (χ3v) is 6.52. The van der Waals surface area contributed by atoms with Crippen LogP contribution in [0, 0.1) is 11.3 Å². The van der Waals surface area contributed by atoms with Crippen LogP contribution in [0.5, 0.6) is 5.75 Å². The number of halogens is 1. The van der Waals surface area contributed by atoms with Crippen molar-refractivity contribution < 1.29 is 13.2 Å². The minimum Gasteiger partial charge on any atom is -0.489 e. The van der Waals surface area contributed by atoms with E-state index in [1.54, 1.807) is 29.6 Å². The lowest BCUT2D eigenvalue weighted by Crippen LogP contribution is -2.29. The van der Waals surface area contributed by atoms with E-state index < -0.39 is 10.0 Å². The van der Waals surface area contributed by atoms with Gasteiger partial charge in [0.05, 0.1) is 28.4 Å². The summed E-state index contributed by atoms with van der Waals surface area (Å²) in [6, 6.07) is 11.8. The van der Waals surface area contributed by atoms with Gasteiger partial charge in [-0.2, -0.15) is 5.26 Å². The molecular weight excluding hydrogens is 420 g/mol. The predicted molar refractivity (Wildman–Crippen MR) is 108 cm³/mol. The summed E-state index contributed by atoms with van der Waals surface area (Å²) < 4.78 is 33.3. The summed E-state index contributed by atoms with van der Waals surface area (Å²) in [5.41, 5.74) is 1.79. The zero-order valence-corrected chi connectivity index (χ0v) is 16.7. The first-order valence-corrected chi connectivity index (χ1v) is 10.9. The SMILES string of the molecule is N#Cc1ccc(Cl)cc1N1CCOc2cc(S(=O)(=O)Nc3nccs3)ccc21. The number of hydrogen-bond donors (Lipinski definition) is 1. The molecule has 1 aliphatic heterocycles. The fourth-order valence-corrected chi connectivity index (χ4v) is 4.86. The molecule has 0 saturated heterocycles. The Bertz CT molecular complexity index is 1170. The Morgan fingerprint density at radius 1 is 1.25 bits per heavy atom. The average Bonchev–Trinajstić information content (AvgIpc) is 3.19. The van der Waals surface area contributed by atoms with Gasteiger partial charge in [-0.3, -0.25) is 4.72 Å². The van der Waals surface area contributed by atoms with Crippen molar-refractivity contribution in [3.63, 3.8) is 0 Å². The van der Waals surface area contributed by atoms with Crippen LogP contribution in [0.1, 0.15) is 5.56 Å².